The van der Waals surface area contributed by atoms with E-state index >= 15 is 0 Å². The van der Waals surface area contributed by atoms with Crippen molar-refractivity contribution >= 4 is 29.9 Å². The number of hydrogen-bond acceptors (Lipinski definition) is 2. The second-order valence-corrected chi connectivity index (χ2v) is 7.21. The molecule has 1 atom stereocenters. The van der Waals surface area contributed by atoms with E-state index in [0.29, 0.717) is 5.92 Å². The molecule has 1 aliphatic heterocycles. The Morgan fingerprint density at radius 1 is 1.33 bits per heavy atom. The first-order valence-corrected chi connectivity index (χ1v) is 8.04. The standard InChI is InChI=1S/C16H34N4.HI/c1-13(2)10-18-15(17-6)19-12-16(4,5)20-9-7-8-14(3)11-20;/h13-14H,7-12H2,1-6H3,(H2,17,18,19);1H. The monoisotopic (exact) mass is 410 g/mol. The highest BCUT2D eigenvalue weighted by molar-refractivity contribution is 14.0. The van der Waals surface area contributed by atoms with Crippen LogP contribution < -0.4 is 10.6 Å². The van der Waals surface area contributed by atoms with Crippen LogP contribution in [0.25, 0.3) is 0 Å². The van der Waals surface area contributed by atoms with Crippen molar-refractivity contribution in [2.75, 3.05) is 33.2 Å². The summed E-state index contributed by atoms with van der Waals surface area (Å²) < 4.78 is 0. The Morgan fingerprint density at radius 2 is 2.00 bits per heavy atom. The maximum atomic E-state index is 4.30. The zero-order valence-corrected chi connectivity index (χ0v) is 17.0. The van der Waals surface area contributed by atoms with Crippen molar-refractivity contribution in [2.24, 2.45) is 16.8 Å². The summed E-state index contributed by atoms with van der Waals surface area (Å²) in [4.78, 5) is 6.91. The largest absolute Gasteiger partial charge is 0.356 e. The van der Waals surface area contributed by atoms with E-state index in [0.717, 1.165) is 25.0 Å². The lowest BCUT2D eigenvalue weighted by atomic mass is 9.93. The lowest BCUT2D eigenvalue weighted by Crippen LogP contribution is -2.56. The molecule has 0 spiro atoms. The fourth-order valence-electron chi connectivity index (χ4n) is 2.67. The molecule has 0 radical (unpaired) electrons. The molecule has 0 bridgehead atoms. The quantitative estimate of drug-likeness (QED) is 0.416. The average molecular weight is 410 g/mol. The number of guanidine groups is 1. The summed E-state index contributed by atoms with van der Waals surface area (Å²) >= 11 is 0. The van der Waals surface area contributed by atoms with Gasteiger partial charge in [0.25, 0.3) is 0 Å². The first-order valence-electron chi connectivity index (χ1n) is 8.04. The molecule has 0 amide bonds. The van der Waals surface area contributed by atoms with Gasteiger partial charge in [-0.05, 0) is 45.1 Å². The van der Waals surface area contributed by atoms with E-state index in [4.69, 9.17) is 0 Å². The predicted octanol–water partition coefficient (Wildman–Crippen LogP) is 2.94. The number of piperidine rings is 1. The summed E-state index contributed by atoms with van der Waals surface area (Å²) in [7, 11) is 1.84. The van der Waals surface area contributed by atoms with E-state index in [1.807, 2.05) is 7.05 Å². The van der Waals surface area contributed by atoms with Crippen molar-refractivity contribution in [1.82, 2.24) is 15.5 Å². The molecular weight excluding hydrogens is 375 g/mol. The normalized spacial score (nSPS) is 21.1. The van der Waals surface area contributed by atoms with Crippen LogP contribution in [0.5, 0.6) is 0 Å². The molecule has 1 heterocycles. The van der Waals surface area contributed by atoms with Gasteiger partial charge in [-0.1, -0.05) is 20.8 Å². The van der Waals surface area contributed by atoms with Crippen LogP contribution in [0.15, 0.2) is 4.99 Å². The van der Waals surface area contributed by atoms with Gasteiger partial charge in [0.05, 0.1) is 0 Å². The van der Waals surface area contributed by atoms with E-state index in [9.17, 15) is 0 Å². The van der Waals surface area contributed by atoms with Crippen molar-refractivity contribution in [3.05, 3.63) is 0 Å². The Bertz CT molecular complexity index is 315. The van der Waals surface area contributed by atoms with E-state index in [1.54, 1.807) is 0 Å². The summed E-state index contributed by atoms with van der Waals surface area (Å²) in [5.74, 6) is 2.36. The lowest BCUT2D eigenvalue weighted by molar-refractivity contribution is 0.0739. The molecule has 1 rings (SSSR count). The van der Waals surface area contributed by atoms with Crippen LogP contribution in [-0.4, -0.2) is 49.6 Å². The molecular formula is C16H35IN4. The summed E-state index contributed by atoms with van der Waals surface area (Å²) in [5, 5.41) is 6.85. The second-order valence-electron chi connectivity index (χ2n) is 7.21. The predicted molar refractivity (Wildman–Crippen MR) is 104 cm³/mol. The third kappa shape index (κ3) is 7.68. The van der Waals surface area contributed by atoms with E-state index in [-0.39, 0.29) is 29.5 Å². The van der Waals surface area contributed by atoms with Crippen LogP contribution in [-0.2, 0) is 0 Å². The lowest BCUT2D eigenvalue weighted by Gasteiger charge is -2.43. The number of aliphatic imine (C=N–C) groups is 1. The highest BCUT2D eigenvalue weighted by Crippen LogP contribution is 2.23. The molecule has 0 aliphatic carbocycles. The zero-order valence-electron chi connectivity index (χ0n) is 14.7. The van der Waals surface area contributed by atoms with E-state index in [2.05, 4.69) is 55.1 Å². The Labute approximate surface area is 148 Å². The summed E-state index contributed by atoms with van der Waals surface area (Å²) in [5.41, 5.74) is 0.171. The molecule has 21 heavy (non-hydrogen) atoms. The molecule has 0 aromatic heterocycles. The molecule has 0 aromatic rings. The van der Waals surface area contributed by atoms with Crippen LogP contribution in [0.3, 0.4) is 0 Å². The molecule has 0 aromatic carbocycles. The van der Waals surface area contributed by atoms with Crippen molar-refractivity contribution in [1.29, 1.82) is 0 Å². The summed E-state index contributed by atoms with van der Waals surface area (Å²) in [6.45, 7) is 15.8. The van der Waals surface area contributed by atoms with Crippen molar-refractivity contribution in [3.8, 4) is 0 Å². The number of likely N-dealkylation sites (tertiary alicyclic amines) is 1. The Balaban J connectivity index is 0.00000400. The molecule has 1 fully saturated rings. The van der Waals surface area contributed by atoms with Gasteiger partial charge in [-0.25, -0.2) is 0 Å². The third-order valence-electron chi connectivity index (χ3n) is 4.10. The zero-order chi connectivity index (χ0) is 15.2. The third-order valence-corrected chi connectivity index (χ3v) is 4.10. The SMILES string of the molecule is CN=C(NCC(C)C)NCC(C)(C)N1CCCC(C)C1.I. The van der Waals surface area contributed by atoms with Gasteiger partial charge in [0, 0.05) is 32.2 Å². The fourth-order valence-corrected chi connectivity index (χ4v) is 2.67. The van der Waals surface area contributed by atoms with Gasteiger partial charge in [0.2, 0.25) is 0 Å². The molecule has 4 nitrogen and oxygen atoms in total. The first kappa shape index (κ1) is 21.0. The van der Waals surface area contributed by atoms with Gasteiger partial charge in [-0.3, -0.25) is 9.89 Å². The smallest absolute Gasteiger partial charge is 0.191 e. The molecule has 1 unspecified atom stereocenters. The number of hydrogen-bond donors (Lipinski definition) is 2. The Hall–Kier alpha value is -0.0400. The molecule has 0 saturated carbocycles. The molecule has 5 heteroatoms. The van der Waals surface area contributed by atoms with Gasteiger partial charge >= 0.3 is 0 Å². The van der Waals surface area contributed by atoms with Gasteiger partial charge in [-0.2, -0.15) is 0 Å². The number of nitrogens with zero attached hydrogens (tertiary/aromatic N) is 2. The average Bonchev–Trinajstić information content (AvgIpc) is 2.38. The maximum absolute atomic E-state index is 4.30. The summed E-state index contributed by atoms with van der Waals surface area (Å²) in [6.07, 6.45) is 2.70. The fraction of sp³-hybridized carbons (Fsp3) is 0.938. The topological polar surface area (TPSA) is 39.7 Å². The summed E-state index contributed by atoms with van der Waals surface area (Å²) in [6, 6.07) is 0. The first-order chi connectivity index (χ1) is 9.35. The Morgan fingerprint density at radius 3 is 2.52 bits per heavy atom. The van der Waals surface area contributed by atoms with Crippen LogP contribution in [0.1, 0.15) is 47.5 Å². The minimum absolute atomic E-state index is 0. The van der Waals surface area contributed by atoms with Crippen molar-refractivity contribution < 1.29 is 0 Å². The highest BCUT2D eigenvalue weighted by Gasteiger charge is 2.30. The van der Waals surface area contributed by atoms with Crippen LogP contribution in [0.4, 0.5) is 0 Å². The van der Waals surface area contributed by atoms with Crippen LogP contribution >= 0.6 is 24.0 Å². The van der Waals surface area contributed by atoms with Crippen LogP contribution in [0, 0.1) is 11.8 Å². The number of nitrogens with one attached hydrogen (secondary N) is 2. The minimum Gasteiger partial charge on any atom is -0.356 e. The minimum atomic E-state index is 0. The van der Waals surface area contributed by atoms with Crippen molar-refractivity contribution in [2.45, 2.75) is 53.0 Å². The second kappa shape index (κ2) is 9.87. The Kier molecular flexibility index (Phi) is 9.85. The number of halogens is 1. The van der Waals surface area contributed by atoms with Gasteiger partial charge in [-0.15, -0.1) is 24.0 Å². The highest BCUT2D eigenvalue weighted by atomic mass is 127. The van der Waals surface area contributed by atoms with Crippen molar-refractivity contribution in [3.63, 3.8) is 0 Å². The molecule has 2 N–H and O–H groups in total. The molecule has 1 aliphatic rings. The van der Waals surface area contributed by atoms with Crippen LogP contribution in [0.2, 0.25) is 0 Å². The molecule has 126 valence electrons. The van der Waals surface area contributed by atoms with Gasteiger partial charge < -0.3 is 10.6 Å². The van der Waals surface area contributed by atoms with E-state index < -0.39 is 0 Å². The van der Waals surface area contributed by atoms with E-state index in [1.165, 1.54) is 25.9 Å². The number of rotatable bonds is 5. The molecule has 1 saturated heterocycles. The van der Waals surface area contributed by atoms with Gasteiger partial charge in [0.1, 0.15) is 0 Å². The van der Waals surface area contributed by atoms with Gasteiger partial charge in [0.15, 0.2) is 5.96 Å². The maximum Gasteiger partial charge on any atom is 0.191 e.